The Bertz CT molecular complexity index is 150. The molecule has 0 aliphatic carbocycles. The van der Waals surface area contributed by atoms with Gasteiger partial charge in [-0.25, -0.2) is 4.79 Å². The Labute approximate surface area is 78.5 Å². The van der Waals surface area contributed by atoms with E-state index in [9.17, 15) is 4.79 Å². The molecule has 0 aliphatic heterocycles. The molecule has 0 N–H and O–H groups in total. The molecule has 0 heterocycles. The minimum atomic E-state index is -0.489. The lowest BCUT2D eigenvalue weighted by Gasteiger charge is -2.13. The van der Waals surface area contributed by atoms with Gasteiger partial charge in [0, 0.05) is 19.3 Å². The second-order valence-corrected chi connectivity index (χ2v) is 2.05. The Kier molecular flexibility index (Phi) is 7.24. The van der Waals surface area contributed by atoms with Gasteiger partial charge in [-0.2, -0.15) is 0 Å². The lowest BCUT2D eigenvalue weighted by molar-refractivity contribution is -0.145. The van der Waals surface area contributed by atoms with Gasteiger partial charge in [-0.15, -0.1) is 0 Å². The molecule has 0 aromatic carbocycles. The van der Waals surface area contributed by atoms with Crippen molar-refractivity contribution in [1.82, 2.24) is 0 Å². The predicted molar refractivity (Wildman–Crippen MR) is 47.7 cm³/mol. The van der Waals surface area contributed by atoms with Gasteiger partial charge in [0.2, 0.25) is 0 Å². The molecule has 0 spiro atoms. The number of carbonyl (C=O) groups is 1. The summed E-state index contributed by atoms with van der Waals surface area (Å²) in [7, 11) is 0. The van der Waals surface area contributed by atoms with E-state index in [2.05, 4.69) is 6.58 Å². The van der Waals surface area contributed by atoms with Crippen LogP contribution in [0.25, 0.3) is 0 Å². The van der Waals surface area contributed by atoms with Gasteiger partial charge in [0.1, 0.15) is 0 Å². The number of hydrogen-bond acceptors (Lipinski definition) is 4. The molecular formula is C9H15O4. The fourth-order valence-electron chi connectivity index (χ4n) is 0.636. The summed E-state index contributed by atoms with van der Waals surface area (Å²) in [4.78, 5) is 10.7. The molecule has 0 amide bonds. The zero-order chi connectivity index (χ0) is 10.1. The lowest BCUT2D eigenvalue weighted by atomic mass is 10.6. The molecule has 75 valence electrons. The Morgan fingerprint density at radius 2 is 1.77 bits per heavy atom. The van der Waals surface area contributed by atoms with E-state index in [-0.39, 0.29) is 6.61 Å². The quantitative estimate of drug-likeness (QED) is 0.445. The average molecular weight is 187 g/mol. The number of esters is 1. The molecule has 0 rings (SSSR count). The molecule has 1 radical (unpaired) electrons. The average Bonchev–Trinajstić information content (AvgIpc) is 2.14. The molecule has 0 saturated heterocycles. The minimum absolute atomic E-state index is 0.0204. The zero-order valence-corrected chi connectivity index (χ0v) is 8.04. The monoisotopic (exact) mass is 187 g/mol. The topological polar surface area (TPSA) is 44.8 Å². The maximum absolute atomic E-state index is 10.7. The Hall–Kier alpha value is -0.870. The van der Waals surface area contributed by atoms with Crippen molar-refractivity contribution in [3.05, 3.63) is 18.9 Å². The largest absolute Gasteiger partial charge is 0.457 e. The molecule has 0 bridgehead atoms. The highest BCUT2D eigenvalue weighted by molar-refractivity contribution is 5.81. The van der Waals surface area contributed by atoms with Crippen molar-refractivity contribution in [3.8, 4) is 0 Å². The van der Waals surface area contributed by atoms with Crippen LogP contribution in [0.2, 0.25) is 0 Å². The van der Waals surface area contributed by atoms with E-state index in [4.69, 9.17) is 14.2 Å². The molecule has 0 aromatic heterocycles. The summed E-state index contributed by atoms with van der Waals surface area (Å²) in [5, 5.41) is 0. The Morgan fingerprint density at radius 1 is 1.23 bits per heavy atom. The van der Waals surface area contributed by atoms with Crippen molar-refractivity contribution in [3.63, 3.8) is 0 Å². The smallest absolute Gasteiger partial charge is 0.330 e. The highest BCUT2D eigenvalue weighted by Crippen LogP contribution is 2.05. The SMILES string of the molecule is C=CC(=O)OC[C](OCC)OCC. The highest BCUT2D eigenvalue weighted by atomic mass is 16.7. The Morgan fingerprint density at radius 3 is 2.15 bits per heavy atom. The maximum Gasteiger partial charge on any atom is 0.330 e. The van der Waals surface area contributed by atoms with Crippen LogP contribution < -0.4 is 0 Å². The fraction of sp³-hybridized carbons (Fsp3) is 0.556. The third-order valence-electron chi connectivity index (χ3n) is 1.11. The molecule has 0 fully saturated rings. The molecule has 13 heavy (non-hydrogen) atoms. The van der Waals surface area contributed by atoms with Gasteiger partial charge >= 0.3 is 5.97 Å². The Balaban J connectivity index is 3.67. The first-order chi connectivity index (χ1) is 6.24. The first-order valence-electron chi connectivity index (χ1n) is 4.15. The second kappa shape index (κ2) is 7.76. The summed E-state index contributed by atoms with van der Waals surface area (Å²) in [6, 6.07) is 0. The first-order valence-corrected chi connectivity index (χ1v) is 4.15. The molecule has 0 aromatic rings. The van der Waals surface area contributed by atoms with Crippen LogP contribution in [0, 0.1) is 6.29 Å². The summed E-state index contributed by atoms with van der Waals surface area (Å²) in [5.74, 6) is -0.489. The summed E-state index contributed by atoms with van der Waals surface area (Å²) in [6.45, 7) is 7.92. The van der Waals surface area contributed by atoms with Crippen LogP contribution in [-0.2, 0) is 19.0 Å². The molecule has 0 unspecified atom stereocenters. The van der Waals surface area contributed by atoms with Crippen molar-refractivity contribution in [2.75, 3.05) is 19.8 Å². The number of carbonyl (C=O) groups excluding carboxylic acids is 1. The van der Waals surface area contributed by atoms with Gasteiger partial charge in [-0.05, 0) is 13.8 Å². The summed E-state index contributed by atoms with van der Waals surface area (Å²) >= 11 is 0. The van der Waals surface area contributed by atoms with Crippen molar-refractivity contribution in [2.24, 2.45) is 0 Å². The molecule has 0 saturated carbocycles. The van der Waals surface area contributed by atoms with E-state index in [0.717, 1.165) is 6.08 Å². The maximum atomic E-state index is 10.7. The van der Waals surface area contributed by atoms with Crippen LogP contribution in [0.4, 0.5) is 0 Å². The van der Waals surface area contributed by atoms with Crippen molar-refractivity contribution < 1.29 is 19.0 Å². The summed E-state index contributed by atoms with van der Waals surface area (Å²) in [5.41, 5.74) is 0. The van der Waals surface area contributed by atoms with E-state index in [1.54, 1.807) is 0 Å². The first kappa shape index (κ1) is 12.1. The zero-order valence-electron chi connectivity index (χ0n) is 8.04. The van der Waals surface area contributed by atoms with Crippen molar-refractivity contribution >= 4 is 5.97 Å². The van der Waals surface area contributed by atoms with E-state index < -0.39 is 5.97 Å². The standard InChI is InChI=1S/C9H15O4/c1-4-8(10)13-7-9(11-5-2)12-6-3/h4H,1,5-7H2,2-3H3. The molecule has 0 atom stereocenters. The van der Waals surface area contributed by atoms with Gasteiger partial charge in [0.25, 0.3) is 6.29 Å². The summed E-state index contributed by atoms with van der Waals surface area (Å²) < 4.78 is 14.8. The van der Waals surface area contributed by atoms with E-state index in [1.165, 1.54) is 0 Å². The van der Waals surface area contributed by atoms with Crippen LogP contribution >= 0.6 is 0 Å². The number of ether oxygens (including phenoxy) is 3. The van der Waals surface area contributed by atoms with Crippen LogP contribution in [0.3, 0.4) is 0 Å². The van der Waals surface area contributed by atoms with Crippen LogP contribution in [0.1, 0.15) is 13.8 Å². The number of hydrogen-bond donors (Lipinski definition) is 0. The molecule has 0 aliphatic rings. The third-order valence-corrected chi connectivity index (χ3v) is 1.11. The minimum Gasteiger partial charge on any atom is -0.457 e. The van der Waals surface area contributed by atoms with Gasteiger partial charge in [-0.1, -0.05) is 6.58 Å². The second-order valence-electron chi connectivity index (χ2n) is 2.05. The number of rotatable bonds is 7. The molecular weight excluding hydrogens is 172 g/mol. The van der Waals surface area contributed by atoms with E-state index >= 15 is 0 Å². The third kappa shape index (κ3) is 6.31. The summed E-state index contributed by atoms with van der Waals surface area (Å²) in [6.07, 6.45) is 1.41. The van der Waals surface area contributed by atoms with Gasteiger partial charge in [0.05, 0.1) is 0 Å². The molecule has 4 heteroatoms. The van der Waals surface area contributed by atoms with Crippen molar-refractivity contribution in [1.29, 1.82) is 0 Å². The van der Waals surface area contributed by atoms with Gasteiger partial charge < -0.3 is 14.2 Å². The highest BCUT2D eigenvalue weighted by Gasteiger charge is 2.12. The predicted octanol–water partition coefficient (Wildman–Crippen LogP) is 1.28. The fourth-order valence-corrected chi connectivity index (χ4v) is 0.636. The van der Waals surface area contributed by atoms with E-state index in [0.29, 0.717) is 19.5 Å². The van der Waals surface area contributed by atoms with Crippen molar-refractivity contribution in [2.45, 2.75) is 13.8 Å². The van der Waals surface area contributed by atoms with Crippen LogP contribution in [0.5, 0.6) is 0 Å². The van der Waals surface area contributed by atoms with Crippen LogP contribution in [-0.4, -0.2) is 25.8 Å². The lowest BCUT2D eigenvalue weighted by Crippen LogP contribution is -2.17. The van der Waals surface area contributed by atoms with Crippen LogP contribution in [0.15, 0.2) is 12.7 Å². The van der Waals surface area contributed by atoms with Gasteiger partial charge in [-0.3, -0.25) is 0 Å². The molecule has 4 nitrogen and oxygen atoms in total. The van der Waals surface area contributed by atoms with E-state index in [1.807, 2.05) is 13.8 Å². The normalized spacial score (nSPS) is 10.1. The van der Waals surface area contributed by atoms with Gasteiger partial charge in [0.15, 0.2) is 6.61 Å².